The molecule has 1 aliphatic heterocycles. The molecule has 2 nitrogen and oxygen atoms in total. The Labute approximate surface area is 117 Å². The van der Waals surface area contributed by atoms with Crippen LogP contribution < -0.4 is 5.32 Å². The predicted octanol–water partition coefficient (Wildman–Crippen LogP) is 3.22. The summed E-state index contributed by atoms with van der Waals surface area (Å²) in [6.45, 7) is 1.76. The molecule has 1 heterocycles. The standard InChI is InChI=1S/C16H14ClNO/c17-13-5-1-3-11(9-13)16(19)15-6-2-4-12-10-18-8-7-14(12)15/h1-6,9,18H,7-8,10H2. The topological polar surface area (TPSA) is 29.1 Å². The van der Waals surface area contributed by atoms with Gasteiger partial charge in [0, 0.05) is 22.7 Å². The zero-order chi connectivity index (χ0) is 13.2. The van der Waals surface area contributed by atoms with Gasteiger partial charge in [-0.2, -0.15) is 0 Å². The first kappa shape index (κ1) is 12.4. The summed E-state index contributed by atoms with van der Waals surface area (Å²) < 4.78 is 0. The van der Waals surface area contributed by atoms with Crippen LogP contribution in [0.1, 0.15) is 27.0 Å². The quantitative estimate of drug-likeness (QED) is 0.850. The van der Waals surface area contributed by atoms with Crippen LogP contribution in [0.5, 0.6) is 0 Å². The van der Waals surface area contributed by atoms with Crippen molar-refractivity contribution in [2.75, 3.05) is 6.54 Å². The van der Waals surface area contributed by atoms with Gasteiger partial charge in [0.1, 0.15) is 0 Å². The maximum atomic E-state index is 12.6. The minimum atomic E-state index is 0.0567. The molecule has 0 spiro atoms. The fraction of sp³-hybridized carbons (Fsp3) is 0.188. The molecule has 2 aromatic carbocycles. The van der Waals surface area contributed by atoms with Crippen LogP contribution in [-0.4, -0.2) is 12.3 Å². The van der Waals surface area contributed by atoms with E-state index in [0.717, 1.165) is 25.1 Å². The fourth-order valence-electron chi connectivity index (χ4n) is 2.53. The number of ketones is 1. The number of benzene rings is 2. The molecule has 0 atom stereocenters. The monoisotopic (exact) mass is 271 g/mol. The minimum Gasteiger partial charge on any atom is -0.312 e. The van der Waals surface area contributed by atoms with E-state index in [0.29, 0.717) is 10.6 Å². The summed E-state index contributed by atoms with van der Waals surface area (Å²) in [6, 6.07) is 13.1. The molecule has 1 aliphatic rings. The maximum absolute atomic E-state index is 12.6. The highest BCUT2D eigenvalue weighted by Gasteiger charge is 2.18. The average Bonchev–Trinajstić information content (AvgIpc) is 2.46. The van der Waals surface area contributed by atoms with E-state index in [1.54, 1.807) is 12.1 Å². The molecular formula is C16H14ClNO. The van der Waals surface area contributed by atoms with Crippen LogP contribution >= 0.6 is 11.6 Å². The average molecular weight is 272 g/mol. The van der Waals surface area contributed by atoms with Crippen LogP contribution in [0.25, 0.3) is 0 Å². The van der Waals surface area contributed by atoms with Crippen LogP contribution in [0.2, 0.25) is 5.02 Å². The molecule has 96 valence electrons. The van der Waals surface area contributed by atoms with Crippen molar-refractivity contribution in [3.63, 3.8) is 0 Å². The number of carbonyl (C=O) groups is 1. The molecule has 0 fully saturated rings. The van der Waals surface area contributed by atoms with Gasteiger partial charge in [0.05, 0.1) is 0 Å². The molecule has 3 heteroatoms. The molecule has 19 heavy (non-hydrogen) atoms. The Morgan fingerprint density at radius 2 is 2.00 bits per heavy atom. The Bertz CT molecular complexity index is 636. The van der Waals surface area contributed by atoms with E-state index >= 15 is 0 Å². The van der Waals surface area contributed by atoms with Crippen molar-refractivity contribution in [2.45, 2.75) is 13.0 Å². The first-order valence-corrected chi connectivity index (χ1v) is 6.75. The third kappa shape index (κ3) is 2.42. The summed E-state index contributed by atoms with van der Waals surface area (Å²) in [6.07, 6.45) is 0.901. The van der Waals surface area contributed by atoms with Gasteiger partial charge in [-0.1, -0.05) is 41.9 Å². The zero-order valence-corrected chi connectivity index (χ0v) is 11.2. The Morgan fingerprint density at radius 3 is 2.84 bits per heavy atom. The highest BCUT2D eigenvalue weighted by atomic mass is 35.5. The normalized spacial score (nSPS) is 13.9. The van der Waals surface area contributed by atoms with Crippen molar-refractivity contribution in [2.24, 2.45) is 0 Å². The number of hydrogen-bond acceptors (Lipinski definition) is 2. The summed E-state index contributed by atoms with van der Waals surface area (Å²) in [5, 5.41) is 3.92. The van der Waals surface area contributed by atoms with Gasteiger partial charge >= 0.3 is 0 Å². The molecule has 1 N–H and O–H groups in total. The third-order valence-electron chi connectivity index (χ3n) is 3.47. The first-order chi connectivity index (χ1) is 9.25. The van der Waals surface area contributed by atoms with Gasteiger partial charge in [-0.05, 0) is 36.2 Å². The second-order valence-corrected chi connectivity index (χ2v) is 5.15. The van der Waals surface area contributed by atoms with E-state index in [1.165, 1.54) is 11.1 Å². The number of carbonyl (C=O) groups excluding carboxylic acids is 1. The summed E-state index contributed by atoms with van der Waals surface area (Å²) in [4.78, 5) is 12.6. The zero-order valence-electron chi connectivity index (χ0n) is 10.4. The van der Waals surface area contributed by atoms with Crippen molar-refractivity contribution in [3.05, 3.63) is 69.7 Å². The number of halogens is 1. The Morgan fingerprint density at radius 1 is 1.16 bits per heavy atom. The molecule has 0 aromatic heterocycles. The molecule has 0 radical (unpaired) electrons. The Hall–Kier alpha value is -1.64. The first-order valence-electron chi connectivity index (χ1n) is 6.37. The second-order valence-electron chi connectivity index (χ2n) is 4.71. The Kier molecular flexibility index (Phi) is 3.36. The van der Waals surface area contributed by atoms with Crippen molar-refractivity contribution in [1.29, 1.82) is 0 Å². The van der Waals surface area contributed by atoms with Crippen molar-refractivity contribution in [1.82, 2.24) is 5.32 Å². The summed E-state index contributed by atoms with van der Waals surface area (Å²) in [7, 11) is 0. The number of fused-ring (bicyclic) bond motifs is 1. The van der Waals surface area contributed by atoms with E-state index in [4.69, 9.17) is 11.6 Å². The number of nitrogens with one attached hydrogen (secondary N) is 1. The molecule has 0 bridgehead atoms. The van der Waals surface area contributed by atoms with Gasteiger partial charge in [0.15, 0.2) is 5.78 Å². The van der Waals surface area contributed by atoms with Crippen LogP contribution in [0, 0.1) is 0 Å². The van der Waals surface area contributed by atoms with Crippen LogP contribution in [0.4, 0.5) is 0 Å². The molecule has 3 rings (SSSR count). The van der Waals surface area contributed by atoms with Gasteiger partial charge in [-0.15, -0.1) is 0 Å². The SMILES string of the molecule is O=C(c1cccc(Cl)c1)c1cccc2c1CCNC2. The number of rotatable bonds is 2. The predicted molar refractivity (Wildman–Crippen MR) is 76.7 cm³/mol. The van der Waals surface area contributed by atoms with E-state index < -0.39 is 0 Å². The van der Waals surface area contributed by atoms with Crippen molar-refractivity contribution >= 4 is 17.4 Å². The summed E-state index contributed by atoms with van der Waals surface area (Å²) in [5.74, 6) is 0.0567. The molecule has 0 amide bonds. The van der Waals surface area contributed by atoms with Crippen LogP contribution in [0.15, 0.2) is 42.5 Å². The minimum absolute atomic E-state index is 0.0567. The van der Waals surface area contributed by atoms with E-state index in [-0.39, 0.29) is 5.78 Å². The highest BCUT2D eigenvalue weighted by Crippen LogP contribution is 2.22. The maximum Gasteiger partial charge on any atom is 0.193 e. The lowest BCUT2D eigenvalue weighted by Crippen LogP contribution is -2.25. The van der Waals surface area contributed by atoms with Crippen molar-refractivity contribution in [3.8, 4) is 0 Å². The lowest BCUT2D eigenvalue weighted by atomic mass is 9.91. The summed E-state index contributed by atoms with van der Waals surface area (Å²) in [5.41, 5.74) is 3.85. The van der Waals surface area contributed by atoms with E-state index in [2.05, 4.69) is 11.4 Å². The largest absolute Gasteiger partial charge is 0.312 e. The van der Waals surface area contributed by atoms with Crippen LogP contribution in [0.3, 0.4) is 0 Å². The smallest absolute Gasteiger partial charge is 0.193 e. The Balaban J connectivity index is 2.05. The highest BCUT2D eigenvalue weighted by molar-refractivity contribution is 6.31. The molecule has 2 aromatic rings. The second kappa shape index (κ2) is 5.16. The number of hydrogen-bond donors (Lipinski definition) is 1. The lowest BCUT2D eigenvalue weighted by Gasteiger charge is -2.19. The van der Waals surface area contributed by atoms with Gasteiger partial charge in [0.25, 0.3) is 0 Å². The molecule has 0 aliphatic carbocycles. The molecule has 0 saturated carbocycles. The lowest BCUT2D eigenvalue weighted by molar-refractivity contribution is 0.103. The van der Waals surface area contributed by atoms with Gasteiger partial charge in [-0.3, -0.25) is 4.79 Å². The van der Waals surface area contributed by atoms with Gasteiger partial charge < -0.3 is 5.32 Å². The summed E-state index contributed by atoms with van der Waals surface area (Å²) >= 11 is 5.96. The fourth-order valence-corrected chi connectivity index (χ4v) is 2.72. The molecule has 0 saturated heterocycles. The van der Waals surface area contributed by atoms with Crippen LogP contribution in [-0.2, 0) is 13.0 Å². The van der Waals surface area contributed by atoms with Gasteiger partial charge in [-0.25, -0.2) is 0 Å². The third-order valence-corrected chi connectivity index (χ3v) is 3.71. The van der Waals surface area contributed by atoms with E-state index in [9.17, 15) is 4.79 Å². The molecule has 0 unspecified atom stereocenters. The van der Waals surface area contributed by atoms with Crippen molar-refractivity contribution < 1.29 is 4.79 Å². The molecular weight excluding hydrogens is 258 g/mol. The van der Waals surface area contributed by atoms with E-state index in [1.807, 2.05) is 24.3 Å². The van der Waals surface area contributed by atoms with Gasteiger partial charge in [0.2, 0.25) is 0 Å².